The van der Waals surface area contributed by atoms with Gasteiger partial charge in [-0.1, -0.05) is 12.1 Å². The molecule has 0 aliphatic rings. The Balaban J connectivity index is 2.30. The van der Waals surface area contributed by atoms with Crippen molar-refractivity contribution >= 4 is 5.69 Å². The number of aliphatic hydroxyl groups is 1. The lowest BCUT2D eigenvalue weighted by Crippen LogP contribution is -1.97. The molecular weight excluding hydrogens is 240 g/mol. The number of ether oxygens (including phenoxy) is 1. The minimum absolute atomic E-state index is 0.0140. The topological polar surface area (TPSA) is 55.5 Å². The van der Waals surface area contributed by atoms with E-state index in [2.05, 4.69) is 0 Å². The maximum atomic E-state index is 13.5. The van der Waals surface area contributed by atoms with Crippen LogP contribution in [0.4, 0.5) is 14.5 Å². The molecule has 0 amide bonds. The van der Waals surface area contributed by atoms with Crippen molar-refractivity contribution in [3.63, 3.8) is 0 Å². The summed E-state index contributed by atoms with van der Waals surface area (Å²) in [4.78, 5) is 0. The number of benzene rings is 2. The van der Waals surface area contributed by atoms with Gasteiger partial charge in [-0.15, -0.1) is 0 Å². The van der Waals surface area contributed by atoms with Gasteiger partial charge < -0.3 is 15.6 Å². The Morgan fingerprint density at radius 1 is 1.06 bits per heavy atom. The fourth-order valence-corrected chi connectivity index (χ4v) is 1.43. The van der Waals surface area contributed by atoms with Crippen LogP contribution in [0.1, 0.15) is 5.56 Å². The first kappa shape index (κ1) is 12.3. The molecule has 0 spiro atoms. The number of nitrogens with two attached hydrogens (primary N) is 1. The molecule has 2 aromatic rings. The Hall–Kier alpha value is -2.14. The molecular formula is C13H11F2NO2. The third kappa shape index (κ3) is 2.41. The molecule has 0 saturated carbocycles. The molecule has 0 radical (unpaired) electrons. The van der Waals surface area contributed by atoms with Gasteiger partial charge in [0.05, 0.1) is 12.3 Å². The maximum Gasteiger partial charge on any atom is 0.203 e. The van der Waals surface area contributed by atoms with Gasteiger partial charge >= 0.3 is 0 Å². The molecule has 2 rings (SSSR count). The minimum atomic E-state index is -1.12. The number of rotatable bonds is 3. The van der Waals surface area contributed by atoms with Crippen LogP contribution >= 0.6 is 0 Å². The monoisotopic (exact) mass is 251 g/mol. The normalized spacial score (nSPS) is 10.4. The van der Waals surface area contributed by atoms with Crippen LogP contribution in [-0.2, 0) is 6.61 Å². The lowest BCUT2D eigenvalue weighted by molar-refractivity contribution is 0.281. The van der Waals surface area contributed by atoms with E-state index in [0.29, 0.717) is 11.3 Å². The van der Waals surface area contributed by atoms with Gasteiger partial charge in [0, 0.05) is 0 Å². The third-order valence-corrected chi connectivity index (χ3v) is 2.41. The van der Waals surface area contributed by atoms with Crippen molar-refractivity contribution in [2.24, 2.45) is 0 Å². The molecule has 3 N–H and O–H groups in total. The van der Waals surface area contributed by atoms with Gasteiger partial charge in [-0.2, -0.15) is 4.39 Å². The Bertz CT molecular complexity index is 556. The molecule has 5 heteroatoms. The molecule has 0 aliphatic heterocycles. The van der Waals surface area contributed by atoms with E-state index >= 15 is 0 Å². The predicted molar refractivity (Wildman–Crippen MR) is 63.2 cm³/mol. The molecule has 2 aromatic carbocycles. The van der Waals surface area contributed by atoms with E-state index in [0.717, 1.165) is 6.07 Å². The van der Waals surface area contributed by atoms with Crippen LogP contribution in [0.25, 0.3) is 0 Å². The van der Waals surface area contributed by atoms with Crippen LogP contribution in [0.2, 0.25) is 0 Å². The summed E-state index contributed by atoms with van der Waals surface area (Å²) in [6.07, 6.45) is 0. The third-order valence-electron chi connectivity index (χ3n) is 2.41. The summed E-state index contributed by atoms with van der Waals surface area (Å²) in [5.74, 6) is -2.18. The van der Waals surface area contributed by atoms with Crippen LogP contribution in [0.3, 0.4) is 0 Å². The van der Waals surface area contributed by atoms with Gasteiger partial charge in [0.15, 0.2) is 11.6 Å². The van der Waals surface area contributed by atoms with Crippen molar-refractivity contribution in [3.8, 4) is 11.5 Å². The van der Waals surface area contributed by atoms with E-state index < -0.39 is 11.6 Å². The number of hydrogen-bond donors (Lipinski definition) is 2. The van der Waals surface area contributed by atoms with Gasteiger partial charge in [-0.3, -0.25) is 0 Å². The zero-order chi connectivity index (χ0) is 13.1. The van der Waals surface area contributed by atoms with Gasteiger partial charge in [0.1, 0.15) is 5.75 Å². The highest BCUT2D eigenvalue weighted by Crippen LogP contribution is 2.31. The summed E-state index contributed by atoms with van der Waals surface area (Å²) >= 11 is 0. The van der Waals surface area contributed by atoms with Gasteiger partial charge in [-0.05, 0) is 29.8 Å². The van der Waals surface area contributed by atoms with E-state index in [4.69, 9.17) is 15.6 Å². The van der Waals surface area contributed by atoms with E-state index in [1.54, 1.807) is 12.1 Å². The fraction of sp³-hybridized carbons (Fsp3) is 0.0769. The van der Waals surface area contributed by atoms with Crippen LogP contribution in [0.5, 0.6) is 11.5 Å². The van der Waals surface area contributed by atoms with Crippen molar-refractivity contribution in [2.45, 2.75) is 6.61 Å². The molecule has 18 heavy (non-hydrogen) atoms. The number of halogens is 2. The SMILES string of the molecule is Nc1ccc(F)c(F)c1Oc1ccc(CO)cc1. The van der Waals surface area contributed by atoms with E-state index in [9.17, 15) is 8.78 Å². The molecule has 0 aliphatic carbocycles. The van der Waals surface area contributed by atoms with Crippen molar-refractivity contribution in [1.29, 1.82) is 0 Å². The quantitative estimate of drug-likeness (QED) is 0.825. The Morgan fingerprint density at radius 2 is 1.72 bits per heavy atom. The van der Waals surface area contributed by atoms with Crippen molar-refractivity contribution in [1.82, 2.24) is 0 Å². The van der Waals surface area contributed by atoms with E-state index in [1.165, 1.54) is 18.2 Å². The van der Waals surface area contributed by atoms with Crippen LogP contribution < -0.4 is 10.5 Å². The fourth-order valence-electron chi connectivity index (χ4n) is 1.43. The number of hydrogen-bond acceptors (Lipinski definition) is 3. The van der Waals surface area contributed by atoms with Crippen molar-refractivity contribution in [2.75, 3.05) is 5.73 Å². The summed E-state index contributed by atoms with van der Waals surface area (Å²) in [6, 6.07) is 8.47. The van der Waals surface area contributed by atoms with Crippen molar-refractivity contribution < 1.29 is 18.6 Å². The van der Waals surface area contributed by atoms with Gasteiger partial charge in [0.25, 0.3) is 0 Å². The first-order valence-corrected chi connectivity index (χ1v) is 5.23. The highest BCUT2D eigenvalue weighted by Gasteiger charge is 2.14. The molecule has 0 aromatic heterocycles. The number of aliphatic hydroxyl groups excluding tert-OH is 1. The second-order valence-corrected chi connectivity index (χ2v) is 3.68. The van der Waals surface area contributed by atoms with Crippen molar-refractivity contribution in [3.05, 3.63) is 53.6 Å². The first-order valence-electron chi connectivity index (χ1n) is 5.23. The molecule has 0 bridgehead atoms. The molecule has 3 nitrogen and oxygen atoms in total. The largest absolute Gasteiger partial charge is 0.452 e. The molecule has 0 heterocycles. The Labute approximate surface area is 102 Å². The Kier molecular flexibility index (Phi) is 3.43. The van der Waals surface area contributed by atoms with Gasteiger partial charge in [-0.25, -0.2) is 4.39 Å². The summed E-state index contributed by atoms with van der Waals surface area (Å²) in [5, 5.41) is 8.87. The predicted octanol–water partition coefficient (Wildman–Crippen LogP) is 2.83. The summed E-state index contributed by atoms with van der Waals surface area (Å²) < 4.78 is 31.7. The van der Waals surface area contributed by atoms with E-state index in [1.807, 2.05) is 0 Å². The average Bonchev–Trinajstić information content (AvgIpc) is 2.40. The summed E-state index contributed by atoms with van der Waals surface area (Å²) in [6.45, 7) is -0.100. The van der Waals surface area contributed by atoms with E-state index in [-0.39, 0.29) is 18.0 Å². The lowest BCUT2D eigenvalue weighted by atomic mass is 10.2. The van der Waals surface area contributed by atoms with Crippen LogP contribution in [0.15, 0.2) is 36.4 Å². The van der Waals surface area contributed by atoms with Crippen LogP contribution in [-0.4, -0.2) is 5.11 Å². The number of nitrogen functional groups attached to an aromatic ring is 1. The van der Waals surface area contributed by atoms with Gasteiger partial charge in [0.2, 0.25) is 5.82 Å². The average molecular weight is 251 g/mol. The highest BCUT2D eigenvalue weighted by atomic mass is 19.2. The number of anilines is 1. The smallest absolute Gasteiger partial charge is 0.203 e. The second-order valence-electron chi connectivity index (χ2n) is 3.68. The minimum Gasteiger partial charge on any atom is -0.452 e. The first-order chi connectivity index (χ1) is 8.61. The molecule has 0 unspecified atom stereocenters. The summed E-state index contributed by atoms with van der Waals surface area (Å²) in [7, 11) is 0. The molecule has 0 saturated heterocycles. The molecule has 0 atom stereocenters. The molecule has 0 fully saturated rings. The summed E-state index contributed by atoms with van der Waals surface area (Å²) in [5.41, 5.74) is 6.23. The second kappa shape index (κ2) is 5.01. The standard InChI is InChI=1S/C13H11F2NO2/c14-10-5-6-11(16)13(12(10)15)18-9-3-1-8(7-17)2-4-9/h1-6,17H,7,16H2. The zero-order valence-corrected chi connectivity index (χ0v) is 9.36. The maximum absolute atomic E-state index is 13.5. The zero-order valence-electron chi connectivity index (χ0n) is 9.36. The Morgan fingerprint density at radius 3 is 2.33 bits per heavy atom. The van der Waals surface area contributed by atoms with Crippen LogP contribution in [0, 0.1) is 11.6 Å². The molecule has 94 valence electrons. The lowest BCUT2D eigenvalue weighted by Gasteiger charge is -2.10. The highest BCUT2D eigenvalue weighted by molar-refractivity contribution is 5.54.